The Kier molecular flexibility index (Phi) is 9.38. The minimum Gasteiger partial charge on any atom is -0.482 e. The van der Waals surface area contributed by atoms with Gasteiger partial charge in [-0.1, -0.05) is 18.6 Å². The molecular formula is C25H33NO5. The van der Waals surface area contributed by atoms with Crippen LogP contribution in [0, 0.1) is 0 Å². The molecule has 2 aromatic rings. The second-order valence-electron chi connectivity index (χ2n) is 8.33. The van der Waals surface area contributed by atoms with E-state index in [4.69, 9.17) is 14.2 Å². The minimum absolute atomic E-state index is 0.0903. The molecule has 0 bridgehead atoms. The molecule has 0 fully saturated rings. The number of benzene rings is 2. The van der Waals surface area contributed by atoms with Gasteiger partial charge in [-0.15, -0.1) is 0 Å². The fourth-order valence-electron chi connectivity index (χ4n) is 3.01. The molecule has 0 spiro atoms. The Morgan fingerprint density at radius 2 is 1.71 bits per heavy atom. The van der Waals surface area contributed by atoms with E-state index in [0.29, 0.717) is 11.3 Å². The van der Waals surface area contributed by atoms with Gasteiger partial charge in [-0.25, -0.2) is 9.59 Å². The molecule has 0 saturated carbocycles. The van der Waals surface area contributed by atoms with E-state index in [9.17, 15) is 9.59 Å². The lowest BCUT2D eigenvalue weighted by Gasteiger charge is -2.19. The van der Waals surface area contributed by atoms with E-state index < -0.39 is 5.60 Å². The van der Waals surface area contributed by atoms with Crippen LogP contribution in [0.15, 0.2) is 48.5 Å². The number of unbranched alkanes of at least 4 members (excludes halogenated alkanes) is 2. The monoisotopic (exact) mass is 427 g/mol. The number of hydrogen-bond acceptors (Lipinski definition) is 6. The molecule has 168 valence electrons. The largest absolute Gasteiger partial charge is 0.482 e. The molecule has 31 heavy (non-hydrogen) atoms. The van der Waals surface area contributed by atoms with Gasteiger partial charge in [0, 0.05) is 12.2 Å². The smallest absolute Gasteiger partial charge is 0.344 e. The highest BCUT2D eigenvalue weighted by molar-refractivity contribution is 5.89. The molecule has 6 heteroatoms. The Morgan fingerprint density at radius 1 is 0.968 bits per heavy atom. The molecule has 6 nitrogen and oxygen atoms in total. The Morgan fingerprint density at radius 3 is 2.39 bits per heavy atom. The van der Waals surface area contributed by atoms with Crippen LogP contribution in [0.25, 0.3) is 0 Å². The van der Waals surface area contributed by atoms with Gasteiger partial charge >= 0.3 is 11.9 Å². The maximum absolute atomic E-state index is 11.8. The lowest BCUT2D eigenvalue weighted by molar-refractivity contribution is -0.157. The molecule has 0 atom stereocenters. The molecule has 0 unspecified atom stereocenters. The summed E-state index contributed by atoms with van der Waals surface area (Å²) in [6.07, 6.45) is 4.17. The van der Waals surface area contributed by atoms with Crippen LogP contribution in [0.5, 0.6) is 5.75 Å². The fourth-order valence-corrected chi connectivity index (χ4v) is 3.01. The van der Waals surface area contributed by atoms with Gasteiger partial charge < -0.3 is 19.5 Å². The zero-order valence-corrected chi connectivity index (χ0v) is 18.9. The van der Waals surface area contributed by atoms with Crippen LogP contribution in [0.3, 0.4) is 0 Å². The van der Waals surface area contributed by atoms with Crippen LogP contribution < -0.4 is 10.1 Å². The first kappa shape index (κ1) is 24.3. The summed E-state index contributed by atoms with van der Waals surface area (Å²) in [7, 11) is 1.38. The second kappa shape index (κ2) is 12.0. The van der Waals surface area contributed by atoms with Crippen molar-refractivity contribution in [2.24, 2.45) is 0 Å². The number of carbonyl (C=O) groups excluding carboxylic acids is 2. The van der Waals surface area contributed by atoms with E-state index in [1.54, 1.807) is 12.1 Å². The lowest BCUT2D eigenvalue weighted by Crippen LogP contribution is -2.27. The van der Waals surface area contributed by atoms with Crippen molar-refractivity contribution in [3.8, 4) is 5.75 Å². The maximum Gasteiger partial charge on any atom is 0.344 e. The van der Waals surface area contributed by atoms with Crippen molar-refractivity contribution in [3.05, 3.63) is 59.7 Å². The first-order valence-electron chi connectivity index (χ1n) is 10.6. The Labute approximate surface area is 184 Å². The summed E-state index contributed by atoms with van der Waals surface area (Å²) in [6, 6.07) is 15.1. The Bertz CT molecular complexity index is 840. The number of hydrogen-bond donors (Lipinski definition) is 1. The van der Waals surface area contributed by atoms with Crippen LogP contribution in [0.4, 0.5) is 5.69 Å². The van der Waals surface area contributed by atoms with Crippen molar-refractivity contribution in [1.29, 1.82) is 0 Å². The van der Waals surface area contributed by atoms with Crippen LogP contribution in [0.2, 0.25) is 0 Å². The van der Waals surface area contributed by atoms with Gasteiger partial charge in [-0.05, 0) is 82.0 Å². The molecule has 0 radical (unpaired) electrons. The van der Waals surface area contributed by atoms with Gasteiger partial charge in [-0.3, -0.25) is 0 Å². The molecule has 0 aromatic heterocycles. The summed E-state index contributed by atoms with van der Waals surface area (Å²) in [4.78, 5) is 23.2. The van der Waals surface area contributed by atoms with Crippen molar-refractivity contribution in [2.75, 3.05) is 25.6 Å². The SMILES string of the molecule is COC(=O)c1ccc(NCCCCCc2cccc(OCC(=O)OC(C)(C)C)c2)cc1. The summed E-state index contributed by atoms with van der Waals surface area (Å²) >= 11 is 0. The maximum atomic E-state index is 11.8. The topological polar surface area (TPSA) is 73.9 Å². The van der Waals surface area contributed by atoms with Gasteiger partial charge in [-0.2, -0.15) is 0 Å². The highest BCUT2D eigenvalue weighted by Gasteiger charge is 2.16. The molecule has 0 aliphatic heterocycles. The number of anilines is 1. The second-order valence-corrected chi connectivity index (χ2v) is 8.33. The zero-order valence-electron chi connectivity index (χ0n) is 18.9. The average molecular weight is 428 g/mol. The third-order valence-electron chi connectivity index (χ3n) is 4.45. The molecule has 0 aliphatic rings. The number of carbonyl (C=O) groups is 2. The first-order valence-corrected chi connectivity index (χ1v) is 10.6. The summed E-state index contributed by atoms with van der Waals surface area (Å²) in [6.45, 7) is 6.29. The number of esters is 2. The lowest BCUT2D eigenvalue weighted by atomic mass is 10.1. The average Bonchev–Trinajstić information content (AvgIpc) is 2.73. The third kappa shape index (κ3) is 9.55. The molecule has 0 amide bonds. The van der Waals surface area contributed by atoms with E-state index in [0.717, 1.165) is 37.9 Å². The van der Waals surface area contributed by atoms with Crippen LogP contribution in [-0.4, -0.2) is 37.8 Å². The van der Waals surface area contributed by atoms with Crippen LogP contribution in [-0.2, 0) is 20.7 Å². The van der Waals surface area contributed by atoms with Crippen molar-refractivity contribution in [3.63, 3.8) is 0 Å². The van der Waals surface area contributed by atoms with E-state index in [-0.39, 0.29) is 18.5 Å². The van der Waals surface area contributed by atoms with Crippen molar-refractivity contribution in [1.82, 2.24) is 0 Å². The Hall–Kier alpha value is -3.02. The highest BCUT2D eigenvalue weighted by atomic mass is 16.6. The van der Waals surface area contributed by atoms with E-state index in [2.05, 4.69) is 11.4 Å². The van der Waals surface area contributed by atoms with Gasteiger partial charge in [0.25, 0.3) is 0 Å². The van der Waals surface area contributed by atoms with Crippen LogP contribution >= 0.6 is 0 Å². The predicted octanol–water partition coefficient (Wildman–Crippen LogP) is 5.02. The molecular weight excluding hydrogens is 394 g/mol. The van der Waals surface area contributed by atoms with Gasteiger partial charge in [0.15, 0.2) is 6.61 Å². The Balaban J connectivity index is 1.64. The molecule has 2 aromatic carbocycles. The number of aryl methyl sites for hydroxylation is 1. The van der Waals surface area contributed by atoms with Crippen LogP contribution in [0.1, 0.15) is 56.0 Å². The van der Waals surface area contributed by atoms with Crippen molar-refractivity contribution in [2.45, 2.75) is 52.1 Å². The summed E-state index contributed by atoms with van der Waals surface area (Å²) in [5, 5.41) is 3.36. The zero-order chi connectivity index (χ0) is 22.7. The standard InChI is InChI=1S/C25H33NO5/c1-25(2,3)31-23(27)18-30-22-11-8-10-19(17-22)9-6-5-7-16-26-21-14-12-20(13-15-21)24(28)29-4/h8,10-15,17,26H,5-7,9,16,18H2,1-4H3. The minimum atomic E-state index is -0.510. The van der Waals surface area contributed by atoms with E-state index in [1.165, 1.54) is 12.7 Å². The molecule has 0 aliphatic carbocycles. The quantitative estimate of drug-likeness (QED) is 0.401. The number of rotatable bonds is 11. The normalized spacial score (nSPS) is 11.0. The first-order chi connectivity index (χ1) is 14.8. The van der Waals surface area contributed by atoms with Crippen molar-refractivity contribution >= 4 is 17.6 Å². The van der Waals surface area contributed by atoms with Gasteiger partial charge in [0.2, 0.25) is 0 Å². The number of ether oxygens (including phenoxy) is 3. The van der Waals surface area contributed by atoms with E-state index in [1.807, 2.05) is 51.1 Å². The molecule has 1 N–H and O–H groups in total. The van der Waals surface area contributed by atoms with Gasteiger partial charge in [0.05, 0.1) is 12.7 Å². The fraction of sp³-hybridized carbons (Fsp3) is 0.440. The third-order valence-corrected chi connectivity index (χ3v) is 4.45. The number of methoxy groups -OCH3 is 1. The summed E-state index contributed by atoms with van der Waals surface area (Å²) in [5.41, 5.74) is 2.21. The van der Waals surface area contributed by atoms with Crippen molar-refractivity contribution < 1.29 is 23.8 Å². The predicted molar refractivity (Wildman–Crippen MR) is 122 cm³/mol. The number of nitrogens with one attached hydrogen (secondary N) is 1. The highest BCUT2D eigenvalue weighted by Crippen LogP contribution is 2.17. The molecule has 0 heterocycles. The van der Waals surface area contributed by atoms with Gasteiger partial charge in [0.1, 0.15) is 11.4 Å². The van der Waals surface area contributed by atoms with E-state index >= 15 is 0 Å². The summed E-state index contributed by atoms with van der Waals surface area (Å²) in [5.74, 6) is -0.0170. The summed E-state index contributed by atoms with van der Waals surface area (Å²) < 4.78 is 15.5. The molecule has 0 saturated heterocycles. The molecule has 2 rings (SSSR count).